The van der Waals surface area contributed by atoms with Crippen molar-refractivity contribution in [1.82, 2.24) is 0 Å². The van der Waals surface area contributed by atoms with Gasteiger partial charge in [-0.1, -0.05) is 0 Å². The molecule has 0 saturated heterocycles. The van der Waals surface area contributed by atoms with Gasteiger partial charge in [0.05, 0.1) is 33.0 Å². The number of carbonyl (C=O) groups is 1. The molecule has 0 aliphatic heterocycles. The van der Waals surface area contributed by atoms with Gasteiger partial charge in [0.25, 0.3) is 0 Å². The van der Waals surface area contributed by atoms with Crippen LogP contribution in [0.1, 0.15) is 13.8 Å². The van der Waals surface area contributed by atoms with Crippen LogP contribution < -0.4 is 0 Å². The monoisotopic (exact) mass is 295 g/mol. The summed E-state index contributed by atoms with van der Waals surface area (Å²) in [5, 5.41) is 0. The Morgan fingerprint density at radius 3 is 1.95 bits per heavy atom. The van der Waals surface area contributed by atoms with E-state index < -0.39 is 0 Å². The maximum atomic E-state index is 11.5. The van der Waals surface area contributed by atoms with E-state index in [9.17, 15) is 4.79 Å². The van der Waals surface area contributed by atoms with E-state index in [-0.39, 0.29) is 16.9 Å². The molecule has 0 saturated carbocycles. The van der Waals surface area contributed by atoms with Crippen LogP contribution in [0.4, 0.5) is 0 Å². The summed E-state index contributed by atoms with van der Waals surface area (Å²) >= 11 is 0. The van der Waals surface area contributed by atoms with Crippen molar-refractivity contribution >= 4 is 16.9 Å². The highest BCUT2D eigenvalue weighted by molar-refractivity contribution is 7.97. The Kier molecular flexibility index (Phi) is 13.9. The van der Waals surface area contributed by atoms with Gasteiger partial charge >= 0.3 is 5.97 Å². The molecule has 0 aliphatic carbocycles. The van der Waals surface area contributed by atoms with E-state index in [1.54, 1.807) is 7.11 Å². The first-order chi connectivity index (χ1) is 9.24. The van der Waals surface area contributed by atoms with Crippen LogP contribution in [0.5, 0.6) is 0 Å². The Hall–Kier alpha value is -0.300. The van der Waals surface area contributed by atoms with Crippen LogP contribution >= 0.6 is 0 Å². The van der Waals surface area contributed by atoms with E-state index in [4.69, 9.17) is 18.9 Å². The molecule has 0 spiro atoms. The van der Waals surface area contributed by atoms with E-state index in [0.29, 0.717) is 45.4 Å². The molecule has 0 aliphatic rings. The van der Waals surface area contributed by atoms with Crippen molar-refractivity contribution < 1.29 is 23.7 Å². The molecule has 0 aromatic heterocycles. The highest BCUT2D eigenvalue weighted by atomic mass is 32.2. The van der Waals surface area contributed by atoms with Crippen molar-refractivity contribution in [2.75, 3.05) is 64.0 Å². The predicted octanol–water partition coefficient (Wildman–Crippen LogP) is 0.867. The lowest BCUT2D eigenvalue weighted by Crippen LogP contribution is -2.23. The minimum absolute atomic E-state index is 0.119. The Labute approximate surface area is 119 Å². The van der Waals surface area contributed by atoms with Crippen LogP contribution in [0, 0.1) is 0 Å². The van der Waals surface area contributed by atoms with Crippen LogP contribution in [0.15, 0.2) is 0 Å². The second kappa shape index (κ2) is 14.1. The summed E-state index contributed by atoms with van der Waals surface area (Å²) in [4.78, 5) is 11.5. The van der Waals surface area contributed by atoms with E-state index in [1.165, 1.54) is 0 Å². The molecular formula is C13H27O5S+. The van der Waals surface area contributed by atoms with Gasteiger partial charge in [0, 0.05) is 7.11 Å². The average molecular weight is 295 g/mol. The van der Waals surface area contributed by atoms with Crippen molar-refractivity contribution in [3.8, 4) is 0 Å². The zero-order valence-electron chi connectivity index (χ0n) is 12.3. The van der Waals surface area contributed by atoms with Crippen molar-refractivity contribution in [2.24, 2.45) is 0 Å². The lowest BCUT2D eigenvalue weighted by Gasteiger charge is -2.07. The van der Waals surface area contributed by atoms with Crippen LogP contribution in [0.25, 0.3) is 0 Å². The maximum Gasteiger partial charge on any atom is 0.356 e. The van der Waals surface area contributed by atoms with E-state index in [2.05, 4.69) is 13.8 Å². The summed E-state index contributed by atoms with van der Waals surface area (Å²) in [6.45, 7) is 7.16. The molecule has 0 heterocycles. The van der Waals surface area contributed by atoms with Gasteiger partial charge in [0.2, 0.25) is 5.75 Å². The largest absolute Gasteiger partial charge is 0.460 e. The third-order valence-corrected chi connectivity index (χ3v) is 4.71. The number of hydrogen-bond donors (Lipinski definition) is 0. The fourth-order valence-corrected chi connectivity index (χ4v) is 2.53. The van der Waals surface area contributed by atoms with Gasteiger partial charge in [-0.25, -0.2) is 4.79 Å². The van der Waals surface area contributed by atoms with Crippen LogP contribution in [0.3, 0.4) is 0 Å². The number of hydrogen-bond acceptors (Lipinski definition) is 5. The highest BCUT2D eigenvalue weighted by Gasteiger charge is 2.18. The molecule has 5 nitrogen and oxygen atoms in total. The maximum absolute atomic E-state index is 11.5. The van der Waals surface area contributed by atoms with E-state index in [1.807, 2.05) is 0 Å². The summed E-state index contributed by atoms with van der Waals surface area (Å²) in [6.07, 6.45) is 0. The number of methoxy groups -OCH3 is 1. The Morgan fingerprint density at radius 2 is 1.42 bits per heavy atom. The second-order valence-corrected chi connectivity index (χ2v) is 6.44. The van der Waals surface area contributed by atoms with Crippen LogP contribution in [-0.4, -0.2) is 70.0 Å². The van der Waals surface area contributed by atoms with Crippen LogP contribution in [-0.2, 0) is 34.6 Å². The second-order valence-electron chi connectivity index (χ2n) is 3.77. The first-order valence-corrected chi connectivity index (χ1v) is 8.41. The first kappa shape index (κ1) is 18.7. The Morgan fingerprint density at radius 1 is 0.895 bits per heavy atom. The summed E-state index contributed by atoms with van der Waals surface area (Å²) < 4.78 is 20.5. The zero-order valence-corrected chi connectivity index (χ0v) is 13.1. The van der Waals surface area contributed by atoms with Crippen molar-refractivity contribution in [2.45, 2.75) is 13.8 Å². The fraction of sp³-hybridized carbons (Fsp3) is 0.923. The molecule has 0 radical (unpaired) electrons. The summed E-state index contributed by atoms with van der Waals surface area (Å²) in [6, 6.07) is 0. The molecule has 0 atom stereocenters. The van der Waals surface area contributed by atoms with Gasteiger partial charge in [-0.15, -0.1) is 0 Å². The molecular weight excluding hydrogens is 268 g/mol. The smallest absolute Gasteiger partial charge is 0.356 e. The topological polar surface area (TPSA) is 54.0 Å². The van der Waals surface area contributed by atoms with Crippen molar-refractivity contribution in [1.29, 1.82) is 0 Å². The molecule has 0 unspecified atom stereocenters. The number of carbonyl (C=O) groups excluding carboxylic acids is 1. The van der Waals surface area contributed by atoms with E-state index >= 15 is 0 Å². The predicted molar refractivity (Wildman–Crippen MR) is 77.8 cm³/mol. The van der Waals surface area contributed by atoms with Gasteiger partial charge in [-0.2, -0.15) is 0 Å². The Balaban J connectivity index is 3.27. The summed E-state index contributed by atoms with van der Waals surface area (Å²) in [5.41, 5.74) is 0. The molecule has 0 N–H and O–H groups in total. The molecule has 0 amide bonds. The molecule has 6 heteroatoms. The quantitative estimate of drug-likeness (QED) is 0.287. The molecule has 0 aromatic rings. The van der Waals surface area contributed by atoms with Crippen LogP contribution in [0.2, 0.25) is 0 Å². The first-order valence-electron chi connectivity index (χ1n) is 6.68. The average Bonchev–Trinajstić information content (AvgIpc) is 2.43. The molecule has 0 rings (SSSR count). The normalized spacial score (nSPS) is 10.9. The minimum Gasteiger partial charge on any atom is -0.460 e. The van der Waals surface area contributed by atoms with Gasteiger partial charge < -0.3 is 18.9 Å². The molecule has 0 aromatic carbocycles. The third kappa shape index (κ3) is 12.5. The summed E-state index contributed by atoms with van der Waals surface area (Å²) in [5.74, 6) is 2.50. The van der Waals surface area contributed by atoms with Crippen molar-refractivity contribution in [3.63, 3.8) is 0 Å². The molecule has 0 bridgehead atoms. The lowest BCUT2D eigenvalue weighted by atomic mass is 10.7. The zero-order chi connectivity index (χ0) is 14.3. The third-order valence-electron chi connectivity index (χ3n) is 2.43. The Bertz CT molecular complexity index is 209. The lowest BCUT2D eigenvalue weighted by molar-refractivity contribution is -0.142. The van der Waals surface area contributed by atoms with E-state index in [0.717, 1.165) is 11.5 Å². The minimum atomic E-state index is -0.119. The standard InChI is InChI=1S/C13H27O5S/c1-4-19(5-2)12-13(14)18-11-10-17-9-8-16-7-6-15-3/h4-12H2,1-3H3/q+1. The van der Waals surface area contributed by atoms with Crippen molar-refractivity contribution in [3.05, 3.63) is 0 Å². The number of esters is 1. The SMILES string of the molecule is CC[S+](CC)CC(=O)OCCOCCOCCOC. The van der Waals surface area contributed by atoms with Gasteiger partial charge in [-0.3, -0.25) is 0 Å². The number of rotatable bonds is 13. The highest BCUT2D eigenvalue weighted by Crippen LogP contribution is 1.97. The molecule has 0 fully saturated rings. The fourth-order valence-electron chi connectivity index (χ4n) is 1.30. The molecule has 19 heavy (non-hydrogen) atoms. The van der Waals surface area contributed by atoms with Gasteiger partial charge in [0.1, 0.15) is 18.1 Å². The molecule has 114 valence electrons. The summed E-state index contributed by atoms with van der Waals surface area (Å²) in [7, 11) is 1.81. The van der Waals surface area contributed by atoms with Gasteiger partial charge in [-0.05, 0) is 24.7 Å². The van der Waals surface area contributed by atoms with Gasteiger partial charge in [0.15, 0.2) is 0 Å². The number of ether oxygens (including phenoxy) is 4.